The van der Waals surface area contributed by atoms with Crippen molar-refractivity contribution in [2.75, 3.05) is 13.2 Å². The Bertz CT molecular complexity index is 1550. The summed E-state index contributed by atoms with van der Waals surface area (Å²) >= 11 is 16.4. The van der Waals surface area contributed by atoms with Crippen molar-refractivity contribution in [1.82, 2.24) is 4.90 Å². The van der Waals surface area contributed by atoms with Crippen molar-refractivity contribution in [1.29, 1.82) is 0 Å². The van der Waals surface area contributed by atoms with E-state index in [2.05, 4.69) is 15.9 Å². The molecule has 1 saturated heterocycles. The molecule has 9 nitrogen and oxygen atoms in total. The number of rotatable bonds is 10. The minimum Gasteiger partial charge on any atom is -0.490 e. The maximum absolute atomic E-state index is 13.0. The van der Waals surface area contributed by atoms with Gasteiger partial charge in [-0.25, -0.2) is 0 Å². The van der Waals surface area contributed by atoms with Crippen LogP contribution in [0.15, 0.2) is 64.0 Å². The fourth-order valence-corrected chi connectivity index (χ4v) is 5.53. The molecule has 0 atom stereocenters. The number of non-ortho nitro benzene ring substituents is 1. The summed E-state index contributed by atoms with van der Waals surface area (Å²) in [5, 5.41) is 11.2. The molecule has 0 radical (unpaired) electrons. The predicted octanol–water partition coefficient (Wildman–Crippen LogP) is 7.56. The van der Waals surface area contributed by atoms with E-state index in [-0.39, 0.29) is 22.8 Å². The van der Waals surface area contributed by atoms with Crippen LogP contribution >= 0.6 is 50.9 Å². The number of Topliss-reactive ketones (excluding diaryl/α,β-unsaturated/α-hetero) is 1. The summed E-state index contributed by atoms with van der Waals surface area (Å²) in [5.41, 5.74) is 1.25. The maximum atomic E-state index is 13.0. The highest BCUT2D eigenvalue weighted by Gasteiger charge is 2.36. The van der Waals surface area contributed by atoms with Gasteiger partial charge in [-0.1, -0.05) is 29.3 Å². The SMILES string of the molecule is CCOc1cc(/C=C2\SC(=O)N(CC(=O)c3ccc([N+](=O)[O-])cc3)C2=O)cc(Br)c1OCc1ccc(Cl)cc1Cl. The molecule has 1 aliphatic rings. The van der Waals surface area contributed by atoms with Crippen LogP contribution in [0.25, 0.3) is 6.08 Å². The number of carbonyl (C=O) groups is 3. The molecular weight excluding hydrogens is 647 g/mol. The van der Waals surface area contributed by atoms with E-state index in [4.69, 9.17) is 32.7 Å². The molecule has 1 aliphatic heterocycles. The van der Waals surface area contributed by atoms with E-state index >= 15 is 0 Å². The number of nitrogens with zero attached hydrogens (tertiary/aromatic N) is 2. The van der Waals surface area contributed by atoms with Gasteiger partial charge in [0, 0.05) is 33.3 Å². The number of amides is 2. The lowest BCUT2D eigenvalue weighted by atomic mass is 10.1. The smallest absolute Gasteiger partial charge is 0.293 e. The fourth-order valence-electron chi connectivity index (χ4n) is 3.65. The number of thioether (sulfide) groups is 1. The Morgan fingerprint density at radius 1 is 1.10 bits per heavy atom. The highest BCUT2D eigenvalue weighted by atomic mass is 79.9. The van der Waals surface area contributed by atoms with E-state index in [9.17, 15) is 24.5 Å². The van der Waals surface area contributed by atoms with Gasteiger partial charge >= 0.3 is 0 Å². The fraction of sp³-hybridized carbons (Fsp3) is 0.148. The molecule has 3 aromatic carbocycles. The second kappa shape index (κ2) is 12.9. The maximum Gasteiger partial charge on any atom is 0.293 e. The number of nitro groups is 1. The molecule has 0 aliphatic carbocycles. The average molecular weight is 666 g/mol. The van der Waals surface area contributed by atoms with Crippen molar-refractivity contribution >= 4 is 79.6 Å². The average Bonchev–Trinajstić information content (AvgIpc) is 3.16. The molecule has 2 amide bonds. The van der Waals surface area contributed by atoms with Gasteiger partial charge in [-0.15, -0.1) is 0 Å². The van der Waals surface area contributed by atoms with Crippen LogP contribution in [0.4, 0.5) is 10.5 Å². The van der Waals surface area contributed by atoms with Crippen molar-refractivity contribution in [3.05, 3.63) is 101 Å². The number of nitro benzene ring substituents is 1. The van der Waals surface area contributed by atoms with Gasteiger partial charge in [0.2, 0.25) is 0 Å². The lowest BCUT2D eigenvalue weighted by molar-refractivity contribution is -0.384. The summed E-state index contributed by atoms with van der Waals surface area (Å²) < 4.78 is 12.3. The van der Waals surface area contributed by atoms with Crippen LogP contribution in [0.3, 0.4) is 0 Å². The third-order valence-corrected chi connectivity index (χ3v) is 7.68. The predicted molar refractivity (Wildman–Crippen MR) is 156 cm³/mol. The first-order chi connectivity index (χ1) is 19.1. The third kappa shape index (κ3) is 6.84. The lowest BCUT2D eigenvalue weighted by Gasteiger charge is -2.15. The van der Waals surface area contributed by atoms with E-state index in [0.29, 0.717) is 49.9 Å². The Morgan fingerprint density at radius 2 is 1.82 bits per heavy atom. The number of ketones is 1. The Balaban J connectivity index is 1.52. The second-order valence-electron chi connectivity index (χ2n) is 8.28. The van der Waals surface area contributed by atoms with Gasteiger partial charge in [-0.05, 0) is 82.7 Å². The van der Waals surface area contributed by atoms with Crippen molar-refractivity contribution < 1.29 is 28.8 Å². The first-order valence-corrected chi connectivity index (χ1v) is 14.0. The second-order valence-corrected chi connectivity index (χ2v) is 11.0. The van der Waals surface area contributed by atoms with Crippen molar-refractivity contribution in [2.45, 2.75) is 13.5 Å². The molecule has 0 spiro atoms. The summed E-state index contributed by atoms with van der Waals surface area (Å²) in [6, 6.07) is 13.4. The summed E-state index contributed by atoms with van der Waals surface area (Å²) in [4.78, 5) is 49.4. The first-order valence-electron chi connectivity index (χ1n) is 11.6. The molecule has 0 unspecified atom stereocenters. The summed E-state index contributed by atoms with van der Waals surface area (Å²) in [6.45, 7) is 1.81. The number of hydrogen-bond acceptors (Lipinski definition) is 8. The Labute approximate surface area is 251 Å². The molecule has 1 fully saturated rings. The molecule has 0 N–H and O–H groups in total. The molecule has 40 heavy (non-hydrogen) atoms. The summed E-state index contributed by atoms with van der Waals surface area (Å²) in [6.07, 6.45) is 1.52. The van der Waals surface area contributed by atoms with Gasteiger partial charge in [0.15, 0.2) is 17.3 Å². The monoisotopic (exact) mass is 664 g/mol. The van der Waals surface area contributed by atoms with Gasteiger partial charge in [-0.2, -0.15) is 0 Å². The largest absolute Gasteiger partial charge is 0.490 e. The number of imide groups is 1. The van der Waals surface area contributed by atoms with E-state index in [1.807, 2.05) is 6.92 Å². The van der Waals surface area contributed by atoms with Crippen molar-refractivity contribution in [3.63, 3.8) is 0 Å². The van der Waals surface area contributed by atoms with Crippen LogP contribution < -0.4 is 9.47 Å². The number of benzene rings is 3. The van der Waals surface area contributed by atoms with Crippen LogP contribution in [0.5, 0.6) is 11.5 Å². The highest BCUT2D eigenvalue weighted by Crippen LogP contribution is 2.40. The van der Waals surface area contributed by atoms with Gasteiger partial charge in [0.05, 0.1) is 27.5 Å². The number of carbonyl (C=O) groups excluding carboxylic acids is 3. The Kier molecular flexibility index (Phi) is 9.52. The molecular formula is C27H19BrCl2N2O7S. The van der Waals surface area contributed by atoms with Gasteiger partial charge < -0.3 is 9.47 Å². The molecule has 13 heteroatoms. The van der Waals surface area contributed by atoms with Gasteiger partial charge in [-0.3, -0.25) is 29.4 Å². The zero-order chi connectivity index (χ0) is 29.0. The van der Waals surface area contributed by atoms with Crippen LogP contribution in [-0.2, 0) is 11.4 Å². The zero-order valence-electron chi connectivity index (χ0n) is 20.7. The quantitative estimate of drug-likeness (QED) is 0.0943. The van der Waals surface area contributed by atoms with Gasteiger partial charge in [0.25, 0.3) is 16.8 Å². The van der Waals surface area contributed by atoms with E-state index in [1.54, 1.807) is 30.3 Å². The standard InChI is InChI=1S/C27H19BrCl2N2O7S/c1-2-38-23-10-15(9-20(28)25(23)39-14-17-3-6-18(29)12-21(17)30)11-24-26(34)31(27(35)40-24)13-22(33)16-4-7-19(8-5-16)32(36)37/h3-12H,2,13-14H2,1H3/b24-11-. The first kappa shape index (κ1) is 29.6. The van der Waals surface area contributed by atoms with E-state index in [0.717, 1.165) is 10.5 Å². The van der Waals surface area contributed by atoms with Crippen molar-refractivity contribution in [2.24, 2.45) is 0 Å². The van der Waals surface area contributed by atoms with Gasteiger partial charge in [0.1, 0.15) is 6.61 Å². The Hall–Kier alpha value is -3.38. The van der Waals surface area contributed by atoms with Crippen LogP contribution in [0, 0.1) is 10.1 Å². The minimum absolute atomic E-state index is 0.123. The normalized spacial score (nSPS) is 14.1. The lowest BCUT2D eigenvalue weighted by Crippen LogP contribution is -2.33. The molecule has 4 rings (SSSR count). The van der Waals surface area contributed by atoms with Crippen molar-refractivity contribution in [3.8, 4) is 11.5 Å². The van der Waals surface area contributed by atoms with Crippen LogP contribution in [0.1, 0.15) is 28.4 Å². The summed E-state index contributed by atoms with van der Waals surface area (Å²) in [5.74, 6) is -0.327. The highest BCUT2D eigenvalue weighted by molar-refractivity contribution is 9.10. The molecule has 0 aromatic heterocycles. The van der Waals surface area contributed by atoms with E-state index in [1.165, 1.54) is 30.3 Å². The number of halogens is 3. The molecule has 1 heterocycles. The number of ether oxygens (including phenoxy) is 2. The summed E-state index contributed by atoms with van der Waals surface area (Å²) in [7, 11) is 0. The zero-order valence-corrected chi connectivity index (χ0v) is 24.6. The third-order valence-electron chi connectivity index (χ3n) is 5.59. The molecule has 0 saturated carbocycles. The molecule has 206 valence electrons. The van der Waals surface area contributed by atoms with E-state index < -0.39 is 28.4 Å². The minimum atomic E-state index is -0.628. The number of hydrogen-bond donors (Lipinski definition) is 0. The van der Waals surface area contributed by atoms with Crippen LogP contribution in [0.2, 0.25) is 10.0 Å². The topological polar surface area (TPSA) is 116 Å². The molecule has 3 aromatic rings. The molecule has 0 bridgehead atoms. The Morgan fingerprint density at radius 3 is 2.48 bits per heavy atom. The van der Waals surface area contributed by atoms with Crippen LogP contribution in [-0.4, -0.2) is 39.9 Å².